The Morgan fingerprint density at radius 1 is 1.14 bits per heavy atom. The molecule has 0 bridgehead atoms. The van der Waals surface area contributed by atoms with E-state index in [0.717, 1.165) is 12.1 Å². The second kappa shape index (κ2) is 6.49. The van der Waals surface area contributed by atoms with E-state index in [2.05, 4.69) is 5.32 Å². The van der Waals surface area contributed by atoms with Gasteiger partial charge in [0, 0.05) is 18.3 Å². The number of nitrogens with two attached hydrogens (primary N) is 1. The van der Waals surface area contributed by atoms with Crippen LogP contribution in [0.4, 0.5) is 18.9 Å². The van der Waals surface area contributed by atoms with Gasteiger partial charge < -0.3 is 15.8 Å². The van der Waals surface area contributed by atoms with Gasteiger partial charge in [-0.3, -0.25) is 0 Å². The van der Waals surface area contributed by atoms with E-state index in [1.807, 2.05) is 0 Å². The quantitative estimate of drug-likeness (QED) is 0.833. The third kappa shape index (κ3) is 3.46. The largest absolute Gasteiger partial charge is 0.497 e. The summed E-state index contributed by atoms with van der Waals surface area (Å²) in [5, 5.41) is 3.03. The summed E-state index contributed by atoms with van der Waals surface area (Å²) >= 11 is 0. The lowest BCUT2D eigenvalue weighted by molar-refractivity contribution is 0.415. The number of hydrogen-bond acceptors (Lipinski definition) is 3. The summed E-state index contributed by atoms with van der Waals surface area (Å²) in [4.78, 5) is 0. The average molecular weight is 296 g/mol. The lowest BCUT2D eigenvalue weighted by Gasteiger charge is -2.19. The standard InChI is InChI=1S/C15H15F3N2O/c1-21-11-4-2-3-10(7-11)20-14(8-19)9-5-12(16)15(18)13(17)6-9/h2-7,14,20H,8,19H2,1H3. The van der Waals surface area contributed by atoms with Gasteiger partial charge in [-0.1, -0.05) is 6.07 Å². The van der Waals surface area contributed by atoms with E-state index in [1.165, 1.54) is 7.11 Å². The van der Waals surface area contributed by atoms with E-state index in [9.17, 15) is 13.2 Å². The van der Waals surface area contributed by atoms with Gasteiger partial charge in [0.25, 0.3) is 0 Å². The molecule has 0 heterocycles. The topological polar surface area (TPSA) is 47.3 Å². The van der Waals surface area contributed by atoms with Crippen molar-refractivity contribution in [3.63, 3.8) is 0 Å². The average Bonchev–Trinajstić information content (AvgIpc) is 2.50. The molecule has 1 unspecified atom stereocenters. The molecule has 112 valence electrons. The van der Waals surface area contributed by atoms with Gasteiger partial charge in [0.2, 0.25) is 0 Å². The fourth-order valence-electron chi connectivity index (χ4n) is 1.97. The molecule has 0 saturated carbocycles. The summed E-state index contributed by atoms with van der Waals surface area (Å²) in [7, 11) is 1.53. The number of benzene rings is 2. The third-order valence-electron chi connectivity index (χ3n) is 3.05. The first-order valence-electron chi connectivity index (χ1n) is 6.30. The van der Waals surface area contributed by atoms with Crippen molar-refractivity contribution < 1.29 is 17.9 Å². The summed E-state index contributed by atoms with van der Waals surface area (Å²) in [6.45, 7) is 0.0850. The lowest BCUT2D eigenvalue weighted by atomic mass is 10.1. The van der Waals surface area contributed by atoms with Crippen LogP contribution in [0.25, 0.3) is 0 Å². The van der Waals surface area contributed by atoms with Crippen LogP contribution in [0.5, 0.6) is 5.75 Å². The van der Waals surface area contributed by atoms with E-state index < -0.39 is 23.5 Å². The van der Waals surface area contributed by atoms with Gasteiger partial charge >= 0.3 is 0 Å². The minimum atomic E-state index is -1.49. The molecule has 0 aromatic heterocycles. The molecular weight excluding hydrogens is 281 g/mol. The maximum atomic E-state index is 13.3. The Hall–Kier alpha value is -2.21. The van der Waals surface area contributed by atoms with Crippen LogP contribution in [-0.2, 0) is 0 Å². The van der Waals surface area contributed by atoms with Crippen molar-refractivity contribution in [2.75, 3.05) is 19.0 Å². The van der Waals surface area contributed by atoms with Crippen LogP contribution in [0, 0.1) is 17.5 Å². The van der Waals surface area contributed by atoms with Gasteiger partial charge in [-0.25, -0.2) is 13.2 Å². The SMILES string of the molecule is COc1cccc(NC(CN)c2cc(F)c(F)c(F)c2)c1. The van der Waals surface area contributed by atoms with Crippen LogP contribution in [0.3, 0.4) is 0 Å². The van der Waals surface area contributed by atoms with E-state index in [4.69, 9.17) is 10.5 Å². The van der Waals surface area contributed by atoms with E-state index in [1.54, 1.807) is 24.3 Å². The first-order chi connectivity index (χ1) is 10.0. The minimum Gasteiger partial charge on any atom is -0.497 e. The highest BCUT2D eigenvalue weighted by Gasteiger charge is 2.16. The van der Waals surface area contributed by atoms with Crippen molar-refractivity contribution in [3.8, 4) is 5.75 Å². The van der Waals surface area contributed by atoms with Crippen LogP contribution in [0.1, 0.15) is 11.6 Å². The lowest BCUT2D eigenvalue weighted by Crippen LogP contribution is -2.21. The highest BCUT2D eigenvalue weighted by molar-refractivity contribution is 5.50. The third-order valence-corrected chi connectivity index (χ3v) is 3.05. The number of hydrogen-bond donors (Lipinski definition) is 2. The molecule has 3 N–H and O–H groups in total. The van der Waals surface area contributed by atoms with Gasteiger partial charge in [0.05, 0.1) is 13.2 Å². The molecule has 0 spiro atoms. The molecule has 0 amide bonds. The summed E-state index contributed by atoms with van der Waals surface area (Å²) in [5.74, 6) is -3.34. The highest BCUT2D eigenvalue weighted by atomic mass is 19.2. The zero-order valence-corrected chi connectivity index (χ0v) is 11.4. The first kappa shape index (κ1) is 15.2. The second-order valence-electron chi connectivity index (χ2n) is 4.46. The molecule has 0 radical (unpaired) electrons. The molecule has 0 aliphatic carbocycles. The zero-order valence-electron chi connectivity index (χ0n) is 11.4. The van der Waals surface area contributed by atoms with Crippen molar-refractivity contribution in [1.82, 2.24) is 0 Å². The molecule has 1 atom stereocenters. The minimum absolute atomic E-state index is 0.0850. The fourth-order valence-corrected chi connectivity index (χ4v) is 1.97. The monoisotopic (exact) mass is 296 g/mol. The summed E-state index contributed by atoms with van der Waals surface area (Å²) in [6, 6.07) is 8.33. The number of halogens is 3. The molecular formula is C15H15F3N2O. The summed E-state index contributed by atoms with van der Waals surface area (Å²) in [6.07, 6.45) is 0. The number of methoxy groups -OCH3 is 1. The van der Waals surface area contributed by atoms with Crippen LogP contribution in [-0.4, -0.2) is 13.7 Å². The smallest absolute Gasteiger partial charge is 0.194 e. The molecule has 6 heteroatoms. The molecule has 3 nitrogen and oxygen atoms in total. The molecule has 0 fully saturated rings. The first-order valence-corrected chi connectivity index (χ1v) is 6.30. The van der Waals surface area contributed by atoms with Crippen molar-refractivity contribution in [2.24, 2.45) is 5.73 Å². The van der Waals surface area contributed by atoms with Gasteiger partial charge in [-0.15, -0.1) is 0 Å². The number of ether oxygens (including phenoxy) is 1. The number of anilines is 1. The molecule has 2 rings (SSSR count). The Balaban J connectivity index is 2.27. The highest BCUT2D eigenvalue weighted by Crippen LogP contribution is 2.24. The molecule has 0 saturated heterocycles. The molecule has 2 aromatic rings. The van der Waals surface area contributed by atoms with E-state index in [-0.39, 0.29) is 12.1 Å². The van der Waals surface area contributed by atoms with Crippen molar-refractivity contribution in [2.45, 2.75) is 6.04 Å². The normalized spacial score (nSPS) is 12.0. The molecule has 2 aromatic carbocycles. The molecule has 0 aliphatic heterocycles. The van der Waals surface area contributed by atoms with Crippen molar-refractivity contribution in [1.29, 1.82) is 0 Å². The fraction of sp³-hybridized carbons (Fsp3) is 0.200. The molecule has 21 heavy (non-hydrogen) atoms. The Bertz CT molecular complexity index is 611. The van der Waals surface area contributed by atoms with Crippen molar-refractivity contribution >= 4 is 5.69 Å². The van der Waals surface area contributed by atoms with Gasteiger partial charge in [-0.2, -0.15) is 0 Å². The van der Waals surface area contributed by atoms with Crippen LogP contribution < -0.4 is 15.8 Å². The molecule has 0 aliphatic rings. The zero-order chi connectivity index (χ0) is 15.4. The van der Waals surface area contributed by atoms with Gasteiger partial charge in [0.1, 0.15) is 5.75 Å². The van der Waals surface area contributed by atoms with Crippen LogP contribution in [0.2, 0.25) is 0 Å². The van der Waals surface area contributed by atoms with E-state index in [0.29, 0.717) is 11.4 Å². The van der Waals surface area contributed by atoms with Gasteiger partial charge in [0.15, 0.2) is 17.5 Å². The summed E-state index contributed by atoms with van der Waals surface area (Å²) < 4.78 is 44.7. The Kier molecular flexibility index (Phi) is 4.70. The van der Waals surface area contributed by atoms with E-state index >= 15 is 0 Å². The van der Waals surface area contributed by atoms with Crippen LogP contribution >= 0.6 is 0 Å². The predicted octanol–water partition coefficient (Wildman–Crippen LogP) is 3.22. The van der Waals surface area contributed by atoms with Gasteiger partial charge in [-0.05, 0) is 29.8 Å². The number of nitrogens with one attached hydrogen (secondary N) is 1. The Morgan fingerprint density at radius 2 is 1.81 bits per heavy atom. The Labute approximate surface area is 120 Å². The second-order valence-corrected chi connectivity index (χ2v) is 4.46. The van der Waals surface area contributed by atoms with Crippen molar-refractivity contribution in [3.05, 3.63) is 59.4 Å². The predicted molar refractivity (Wildman–Crippen MR) is 74.7 cm³/mol. The summed E-state index contributed by atoms with van der Waals surface area (Å²) in [5.41, 5.74) is 6.54. The number of rotatable bonds is 5. The Morgan fingerprint density at radius 3 is 2.38 bits per heavy atom. The van der Waals surface area contributed by atoms with Crippen LogP contribution in [0.15, 0.2) is 36.4 Å². The maximum Gasteiger partial charge on any atom is 0.194 e. The maximum absolute atomic E-state index is 13.3.